The van der Waals surface area contributed by atoms with E-state index in [4.69, 9.17) is 10.9 Å². The maximum atomic E-state index is 12.5. The van der Waals surface area contributed by atoms with Crippen LogP contribution in [0.1, 0.15) is 39.5 Å². The third kappa shape index (κ3) is 4.85. The second-order valence-electron chi connectivity index (χ2n) is 6.13. The third-order valence-corrected chi connectivity index (χ3v) is 4.13. The minimum absolute atomic E-state index is 0.188. The van der Waals surface area contributed by atoms with Gasteiger partial charge in [-0.05, 0) is 45.3 Å². The molecule has 1 aliphatic rings. The highest BCUT2D eigenvalue weighted by molar-refractivity contribution is 5.85. The Morgan fingerprint density at radius 2 is 1.85 bits per heavy atom. The average Bonchev–Trinajstić information content (AvgIpc) is 2.37. The molecule has 0 aromatic carbocycles. The van der Waals surface area contributed by atoms with E-state index in [0.29, 0.717) is 13.1 Å². The number of nitrogens with two attached hydrogens (primary N) is 1. The molecule has 118 valence electrons. The molecule has 0 amide bonds. The van der Waals surface area contributed by atoms with E-state index in [9.17, 15) is 13.2 Å². The number of rotatable bonds is 5. The van der Waals surface area contributed by atoms with Gasteiger partial charge in [0.1, 0.15) is 5.84 Å². The molecule has 1 fully saturated rings. The number of oxime groups is 1. The maximum Gasteiger partial charge on any atom is 0.391 e. The van der Waals surface area contributed by atoms with E-state index < -0.39 is 12.1 Å². The van der Waals surface area contributed by atoms with Crippen LogP contribution in [0.15, 0.2) is 5.16 Å². The molecule has 0 bridgehead atoms. The minimum atomic E-state index is -4.06. The van der Waals surface area contributed by atoms with Gasteiger partial charge >= 0.3 is 6.18 Å². The number of amidine groups is 1. The molecule has 3 N–H and O–H groups in total. The quantitative estimate of drug-likeness (QED) is 0.355. The lowest BCUT2D eigenvalue weighted by atomic mass is 9.86. The van der Waals surface area contributed by atoms with E-state index >= 15 is 0 Å². The number of likely N-dealkylation sites (tertiary alicyclic amines) is 1. The second kappa shape index (κ2) is 6.65. The van der Waals surface area contributed by atoms with Crippen LogP contribution in [0.4, 0.5) is 13.2 Å². The number of piperidine rings is 1. The number of nitrogens with zero attached hydrogens (tertiary/aromatic N) is 2. The van der Waals surface area contributed by atoms with Crippen molar-refractivity contribution in [3.63, 3.8) is 0 Å². The van der Waals surface area contributed by atoms with Crippen molar-refractivity contribution in [2.45, 2.75) is 45.7 Å². The Balaban J connectivity index is 2.29. The Hall–Kier alpha value is -0.980. The van der Waals surface area contributed by atoms with Crippen molar-refractivity contribution in [2.24, 2.45) is 22.2 Å². The van der Waals surface area contributed by atoms with Gasteiger partial charge in [-0.15, -0.1) is 0 Å². The van der Waals surface area contributed by atoms with E-state index in [-0.39, 0.29) is 24.1 Å². The number of hydrogen-bond acceptors (Lipinski definition) is 3. The minimum Gasteiger partial charge on any atom is -0.409 e. The van der Waals surface area contributed by atoms with Crippen LogP contribution in [0.5, 0.6) is 0 Å². The van der Waals surface area contributed by atoms with Crippen LogP contribution in [0.2, 0.25) is 0 Å². The molecule has 1 rings (SSSR count). The van der Waals surface area contributed by atoms with Crippen LogP contribution in [0.25, 0.3) is 0 Å². The molecular weight excluding hydrogens is 271 g/mol. The third-order valence-electron chi connectivity index (χ3n) is 4.13. The fraction of sp³-hybridized carbons (Fsp3) is 0.923. The highest BCUT2D eigenvalue weighted by atomic mass is 19.4. The molecule has 0 unspecified atom stereocenters. The number of halogens is 3. The Kier molecular flexibility index (Phi) is 5.68. The van der Waals surface area contributed by atoms with Gasteiger partial charge < -0.3 is 15.8 Å². The lowest BCUT2D eigenvalue weighted by Crippen LogP contribution is -2.40. The first-order chi connectivity index (χ1) is 9.16. The van der Waals surface area contributed by atoms with Crippen LogP contribution >= 0.6 is 0 Å². The first-order valence-electron chi connectivity index (χ1n) is 6.94. The summed E-state index contributed by atoms with van der Waals surface area (Å²) in [5.74, 6) is -0.958. The van der Waals surface area contributed by atoms with E-state index in [0.717, 1.165) is 19.4 Å². The monoisotopic (exact) mass is 295 g/mol. The zero-order chi connectivity index (χ0) is 15.4. The second-order valence-corrected chi connectivity index (χ2v) is 6.13. The lowest BCUT2D eigenvalue weighted by molar-refractivity contribution is -0.185. The van der Waals surface area contributed by atoms with Crippen LogP contribution in [-0.2, 0) is 0 Å². The van der Waals surface area contributed by atoms with E-state index in [1.807, 2.05) is 13.8 Å². The molecule has 1 heterocycles. The van der Waals surface area contributed by atoms with Gasteiger partial charge in [0.15, 0.2) is 0 Å². The topological polar surface area (TPSA) is 61.8 Å². The fourth-order valence-corrected chi connectivity index (χ4v) is 2.49. The molecule has 20 heavy (non-hydrogen) atoms. The van der Waals surface area contributed by atoms with Gasteiger partial charge in [0.05, 0.1) is 5.92 Å². The summed E-state index contributed by atoms with van der Waals surface area (Å²) in [6.45, 7) is 5.52. The Labute approximate surface area is 117 Å². The molecular formula is C13H24F3N3O. The first-order valence-corrected chi connectivity index (χ1v) is 6.94. The standard InChI is InChI=1S/C13H24F3N3O/c1-12(2,11(17)18-20)6-3-7-19-8-4-10(5-9-19)13(14,15)16/h10,20H,3-9H2,1-2H3,(H2,17,18). The van der Waals surface area contributed by atoms with Crippen molar-refractivity contribution in [1.29, 1.82) is 0 Å². The highest BCUT2D eigenvalue weighted by Crippen LogP contribution is 2.34. The molecule has 0 spiro atoms. The SMILES string of the molecule is CC(C)(CCCN1CCC(C(F)(F)F)CC1)C(N)=NO. The van der Waals surface area contributed by atoms with Crippen molar-refractivity contribution in [3.05, 3.63) is 0 Å². The van der Waals surface area contributed by atoms with Gasteiger partial charge in [0, 0.05) is 5.41 Å². The summed E-state index contributed by atoms with van der Waals surface area (Å²) in [6.07, 6.45) is -2.12. The van der Waals surface area contributed by atoms with Crippen molar-refractivity contribution in [2.75, 3.05) is 19.6 Å². The average molecular weight is 295 g/mol. The zero-order valence-electron chi connectivity index (χ0n) is 12.1. The number of hydrogen-bond donors (Lipinski definition) is 2. The largest absolute Gasteiger partial charge is 0.409 e. The van der Waals surface area contributed by atoms with Gasteiger partial charge in [0.25, 0.3) is 0 Å². The summed E-state index contributed by atoms with van der Waals surface area (Å²) < 4.78 is 37.6. The van der Waals surface area contributed by atoms with Crippen LogP contribution in [-0.4, -0.2) is 41.8 Å². The molecule has 0 aromatic rings. The molecule has 4 nitrogen and oxygen atoms in total. The lowest BCUT2D eigenvalue weighted by Gasteiger charge is -2.33. The van der Waals surface area contributed by atoms with E-state index in [1.165, 1.54) is 0 Å². The first kappa shape index (κ1) is 17.1. The van der Waals surface area contributed by atoms with Gasteiger partial charge in [0.2, 0.25) is 0 Å². The Morgan fingerprint density at radius 1 is 1.30 bits per heavy atom. The summed E-state index contributed by atoms with van der Waals surface area (Å²) >= 11 is 0. The van der Waals surface area contributed by atoms with E-state index in [2.05, 4.69) is 10.1 Å². The molecule has 0 radical (unpaired) electrons. The molecule has 1 aliphatic heterocycles. The van der Waals surface area contributed by atoms with Gasteiger partial charge in [-0.1, -0.05) is 19.0 Å². The molecule has 0 aliphatic carbocycles. The number of alkyl halides is 3. The Morgan fingerprint density at radius 3 is 2.30 bits per heavy atom. The summed E-state index contributed by atoms with van der Waals surface area (Å²) in [6, 6.07) is 0. The fourth-order valence-electron chi connectivity index (χ4n) is 2.49. The van der Waals surface area contributed by atoms with Gasteiger partial charge in [-0.2, -0.15) is 13.2 Å². The summed E-state index contributed by atoms with van der Waals surface area (Å²) in [5.41, 5.74) is 5.21. The summed E-state index contributed by atoms with van der Waals surface area (Å²) in [7, 11) is 0. The van der Waals surface area contributed by atoms with Crippen molar-refractivity contribution in [3.8, 4) is 0 Å². The maximum absolute atomic E-state index is 12.5. The zero-order valence-corrected chi connectivity index (χ0v) is 12.1. The molecule has 1 saturated heterocycles. The summed E-state index contributed by atoms with van der Waals surface area (Å²) in [5, 5.41) is 11.7. The molecule has 7 heteroatoms. The predicted molar refractivity (Wildman–Crippen MR) is 71.6 cm³/mol. The highest BCUT2D eigenvalue weighted by Gasteiger charge is 2.40. The predicted octanol–water partition coefficient (Wildman–Crippen LogP) is 2.81. The van der Waals surface area contributed by atoms with Gasteiger partial charge in [-0.3, -0.25) is 0 Å². The Bertz CT molecular complexity index is 334. The summed E-state index contributed by atoms with van der Waals surface area (Å²) in [4.78, 5) is 2.06. The molecule has 0 aromatic heterocycles. The van der Waals surface area contributed by atoms with Crippen LogP contribution < -0.4 is 5.73 Å². The normalized spacial score (nSPS) is 20.4. The molecule has 0 saturated carbocycles. The van der Waals surface area contributed by atoms with Crippen LogP contribution in [0, 0.1) is 11.3 Å². The molecule has 0 atom stereocenters. The van der Waals surface area contributed by atoms with Crippen molar-refractivity contribution < 1.29 is 18.4 Å². The smallest absolute Gasteiger partial charge is 0.391 e. The van der Waals surface area contributed by atoms with Crippen molar-refractivity contribution >= 4 is 5.84 Å². The van der Waals surface area contributed by atoms with Crippen molar-refractivity contribution in [1.82, 2.24) is 4.90 Å². The van der Waals surface area contributed by atoms with Gasteiger partial charge in [-0.25, -0.2) is 0 Å². The van der Waals surface area contributed by atoms with Crippen LogP contribution in [0.3, 0.4) is 0 Å². The van der Waals surface area contributed by atoms with E-state index in [1.54, 1.807) is 0 Å².